The summed E-state index contributed by atoms with van der Waals surface area (Å²) in [6, 6.07) is 11.4. The Morgan fingerprint density at radius 1 is 0.504 bits per heavy atom. The van der Waals surface area contributed by atoms with E-state index in [4.69, 9.17) is 4.74 Å². The van der Waals surface area contributed by atoms with Crippen LogP contribution in [0.15, 0.2) is 140 Å². The van der Waals surface area contributed by atoms with Gasteiger partial charge in [-0.15, -0.1) is 0 Å². The maximum Gasteiger partial charge on any atom is 0.326 e. The van der Waals surface area contributed by atoms with Gasteiger partial charge in [0.25, 0.3) is 0 Å². The Kier molecular flexibility index (Phi) is 37.0. The number of phenolic OH excluding ortho intramolecular Hbond substituents is 2. The molecule has 2 aliphatic rings. The van der Waals surface area contributed by atoms with Crippen LogP contribution in [0.2, 0.25) is 0 Å². The Morgan fingerprint density at radius 3 is 1.55 bits per heavy atom. The molecule has 14 atom stereocenters. The standard InChI is InChI=1S/C82H102N14O25/c1-45(99)69(95-78(115)64(44-98)93-72(109)56(84-46(2)100)36-47-16-7-4-8-17-47)80(117)90-58(38-50-24-28-52(101)29-25-50)74(111)85-54-22-13-14-34-83-66(103)41-59(75(112)92-62(82(119)120)40-49-20-11-6-12-21-49)88-71(108)55(32-33-68(106)121-3)86-73(110)57(37-48-18-9-5-10-19-48)87-76(113)60(42-67(104)105)89-77(114)63(43-97)94-79(116)65-23-15-35-96(65)81(118)61(91-70(54)107)39-51-26-30-53(102)31-27-51/h4-12,16-21,24-31,45,54-65,69,97-99,101-102H,13-15,22-23,32-44H2,1-3H3,(H,83,103)(H,84,100)(H,85,111)(H,86,110)(H,87,113)(H,88,108)(H,89,114)(H,90,117)(H,91,107)(H,92,112)(H,93,109)(H,94,116)(H,95,115)(H,104,105)(H,119,120)/t45-,54?,55?,56?,57+,58?,59?,60+,61+,62?,63?,64+,65?,69+/m1/s1. The molecule has 0 radical (unpaired) electrons. The molecule has 2 fully saturated rings. The van der Waals surface area contributed by atoms with E-state index in [0.717, 1.165) is 25.9 Å². The number of methoxy groups -OCH3 is 1. The zero-order chi connectivity index (χ0) is 88.4. The number of nitrogens with zero attached hydrogens (tertiary/aromatic N) is 1. The predicted octanol–water partition coefficient (Wildman–Crippen LogP) is -3.99. The Bertz CT molecular complexity index is 4450. The van der Waals surface area contributed by atoms with Crippen LogP contribution >= 0.6 is 0 Å². The topological polar surface area (TPSA) is 601 Å². The van der Waals surface area contributed by atoms with Gasteiger partial charge in [-0.25, -0.2) is 4.79 Å². The summed E-state index contributed by atoms with van der Waals surface area (Å²) in [4.78, 5) is 241. The number of nitrogens with one attached hydrogen (secondary N) is 13. The van der Waals surface area contributed by atoms with E-state index in [0.29, 0.717) is 22.3 Å². The number of rotatable bonds is 30. The summed E-state index contributed by atoms with van der Waals surface area (Å²) in [5.74, 6) is -20.4. The molecule has 8 unspecified atom stereocenters. The number of hydrogen-bond donors (Lipinski definition) is 20. The Morgan fingerprint density at radius 2 is 0.992 bits per heavy atom. The first-order chi connectivity index (χ1) is 57.7. The monoisotopic (exact) mass is 1680 g/mol. The van der Waals surface area contributed by atoms with Crippen molar-refractivity contribution < 1.29 is 122 Å². The number of ether oxygens (including phenoxy) is 1. The van der Waals surface area contributed by atoms with E-state index < -0.39 is 250 Å². The average Bonchev–Trinajstić information content (AvgIpc) is 1.73. The highest BCUT2D eigenvalue weighted by molar-refractivity contribution is 6.01. The van der Waals surface area contributed by atoms with Crippen molar-refractivity contribution in [1.29, 1.82) is 0 Å². The highest BCUT2D eigenvalue weighted by Gasteiger charge is 2.43. The van der Waals surface area contributed by atoms with Crippen LogP contribution in [0.1, 0.15) is 99.5 Å². The molecule has 5 aromatic rings. The highest BCUT2D eigenvalue weighted by atomic mass is 16.5. The smallest absolute Gasteiger partial charge is 0.326 e. The lowest BCUT2D eigenvalue weighted by Crippen LogP contribution is -2.62. The number of aromatic hydroxyl groups is 2. The quantitative estimate of drug-likeness (QED) is 0.0195. The largest absolute Gasteiger partial charge is 0.508 e. The molecule has 7 rings (SSSR count). The SMILES string of the molecule is COC(=O)CCC1NC(=O)[C@H](Cc2ccccc2)NC(=O)[C@H](CC(=O)O)NC(=O)C(CO)NC(=O)C2CCCN2C(=O)[C@H](Cc2ccc(O)cc2)NC(=O)C(NC(=O)C(Cc2ccc(O)cc2)NC(=O)[C@@H](NC(=O)[C@H](CO)NC(=O)C(Cc2ccccc2)NC(C)=O)[C@@H](C)O)CCCCNC(=O)CC(C(=O)NC(Cc2ccccc2)C(=O)O)NC1=O. The summed E-state index contributed by atoms with van der Waals surface area (Å²) in [6.45, 7) is -0.584. The van der Waals surface area contributed by atoms with E-state index in [-0.39, 0.29) is 68.7 Å². The minimum atomic E-state index is -2.12. The second kappa shape index (κ2) is 47.2. The summed E-state index contributed by atoms with van der Waals surface area (Å²) in [5.41, 5.74) is 1.94. The first-order valence-electron chi connectivity index (χ1n) is 39.0. The first kappa shape index (κ1) is 94.7. The lowest BCUT2D eigenvalue weighted by molar-refractivity contribution is -0.143. The second-order valence-electron chi connectivity index (χ2n) is 29.1. The third-order valence-electron chi connectivity index (χ3n) is 19.7. The van der Waals surface area contributed by atoms with Crippen molar-refractivity contribution in [3.63, 3.8) is 0 Å². The van der Waals surface area contributed by atoms with Gasteiger partial charge in [-0.2, -0.15) is 0 Å². The minimum Gasteiger partial charge on any atom is -0.508 e. The molecule has 39 heteroatoms. The number of carbonyl (C=O) groups excluding carboxylic acids is 15. The molecule has 2 aliphatic heterocycles. The third-order valence-corrected chi connectivity index (χ3v) is 19.7. The molecule has 14 amide bonds. The summed E-state index contributed by atoms with van der Waals surface area (Å²) in [6.07, 6.45) is -7.58. The van der Waals surface area contributed by atoms with Crippen LogP contribution in [-0.4, -0.2) is 259 Å². The molecule has 0 saturated carbocycles. The summed E-state index contributed by atoms with van der Waals surface area (Å²) >= 11 is 0. The predicted molar refractivity (Wildman–Crippen MR) is 426 cm³/mol. The number of carboxylic acid groups (broad SMARTS) is 2. The fourth-order valence-electron chi connectivity index (χ4n) is 13.3. The molecular weight excluding hydrogens is 1580 g/mol. The average molecular weight is 1680 g/mol. The van der Waals surface area contributed by atoms with Gasteiger partial charge in [-0.3, -0.25) is 76.7 Å². The number of aliphatic hydroxyl groups is 3. The molecule has 0 bridgehead atoms. The number of benzene rings is 5. The first-order valence-corrected chi connectivity index (χ1v) is 39.0. The fourth-order valence-corrected chi connectivity index (χ4v) is 13.3. The Balaban J connectivity index is 1.27. The molecule has 2 heterocycles. The molecular formula is C82H102N14O25. The molecule has 20 N–H and O–H groups in total. The lowest BCUT2D eigenvalue weighted by atomic mass is 10.0. The van der Waals surface area contributed by atoms with E-state index in [1.807, 2.05) is 0 Å². The number of fused-ring (bicyclic) bond motifs is 1. The Hall–Kier alpha value is -13.4. The molecule has 0 spiro atoms. The van der Waals surface area contributed by atoms with Crippen molar-refractivity contribution >= 4 is 101 Å². The maximum absolute atomic E-state index is 15.4. The van der Waals surface area contributed by atoms with Gasteiger partial charge in [0.1, 0.15) is 90.0 Å². The number of carbonyl (C=O) groups is 17. The minimum absolute atomic E-state index is 0.0624. The number of phenols is 2. The van der Waals surface area contributed by atoms with E-state index >= 15 is 14.4 Å². The van der Waals surface area contributed by atoms with Gasteiger partial charge in [-0.05, 0) is 97.5 Å². The van der Waals surface area contributed by atoms with Crippen LogP contribution in [0.25, 0.3) is 0 Å². The van der Waals surface area contributed by atoms with Crippen LogP contribution in [0.4, 0.5) is 0 Å². The van der Waals surface area contributed by atoms with Crippen LogP contribution in [0, 0.1) is 0 Å². The number of amides is 14. The van der Waals surface area contributed by atoms with Gasteiger partial charge >= 0.3 is 17.9 Å². The van der Waals surface area contributed by atoms with Crippen LogP contribution in [0.3, 0.4) is 0 Å². The van der Waals surface area contributed by atoms with Crippen molar-refractivity contribution in [3.05, 3.63) is 167 Å². The zero-order valence-electron chi connectivity index (χ0n) is 66.5. The van der Waals surface area contributed by atoms with Gasteiger partial charge in [0.2, 0.25) is 82.7 Å². The Labute approximate surface area is 694 Å². The lowest BCUT2D eigenvalue weighted by Gasteiger charge is -2.31. The maximum atomic E-state index is 15.4. The van der Waals surface area contributed by atoms with Crippen molar-refractivity contribution in [3.8, 4) is 11.5 Å². The molecule has 121 heavy (non-hydrogen) atoms. The van der Waals surface area contributed by atoms with Crippen LogP contribution in [0.5, 0.6) is 11.5 Å². The van der Waals surface area contributed by atoms with E-state index in [9.17, 15) is 103 Å². The molecule has 650 valence electrons. The molecule has 2 saturated heterocycles. The van der Waals surface area contributed by atoms with Crippen molar-refractivity contribution in [2.45, 2.75) is 188 Å². The number of carboxylic acids is 2. The van der Waals surface area contributed by atoms with Gasteiger partial charge in [-0.1, -0.05) is 115 Å². The van der Waals surface area contributed by atoms with E-state index in [1.54, 1.807) is 78.9 Å². The number of esters is 1. The number of hydrogen-bond acceptors (Lipinski definition) is 23. The number of aliphatic carboxylic acids is 2. The van der Waals surface area contributed by atoms with E-state index in [2.05, 4.69) is 69.1 Å². The zero-order valence-corrected chi connectivity index (χ0v) is 66.5. The normalized spacial score (nSPS) is 20.9. The van der Waals surface area contributed by atoms with Gasteiger partial charge in [0.05, 0.1) is 39.3 Å². The summed E-state index contributed by atoms with van der Waals surface area (Å²) < 4.78 is 4.81. The van der Waals surface area contributed by atoms with Crippen molar-refractivity contribution in [2.75, 3.05) is 33.4 Å². The van der Waals surface area contributed by atoms with Crippen molar-refractivity contribution in [2.24, 2.45) is 0 Å². The van der Waals surface area contributed by atoms with Crippen LogP contribution < -0.4 is 69.1 Å². The molecule has 39 nitrogen and oxygen atoms in total. The molecule has 5 aromatic carbocycles. The fraction of sp³-hybridized carbons (Fsp3) is 0.427. The molecule has 0 aliphatic carbocycles. The van der Waals surface area contributed by atoms with Crippen molar-refractivity contribution in [1.82, 2.24) is 74.0 Å². The third kappa shape index (κ3) is 30.5. The number of aliphatic hydroxyl groups excluding tert-OH is 3. The summed E-state index contributed by atoms with van der Waals surface area (Å²) in [5, 5.41) is 105. The van der Waals surface area contributed by atoms with Gasteiger partial charge in [0.15, 0.2) is 0 Å². The van der Waals surface area contributed by atoms with Gasteiger partial charge in [0, 0.05) is 58.5 Å². The van der Waals surface area contributed by atoms with Gasteiger partial charge < -0.3 is 115 Å². The highest BCUT2D eigenvalue weighted by Crippen LogP contribution is 2.23. The summed E-state index contributed by atoms with van der Waals surface area (Å²) in [7, 11) is 1.02. The van der Waals surface area contributed by atoms with E-state index in [1.165, 1.54) is 60.7 Å². The molecule has 0 aromatic heterocycles. The second-order valence-corrected chi connectivity index (χ2v) is 29.1. The van der Waals surface area contributed by atoms with Crippen LogP contribution in [-0.2, 0) is 118 Å².